The highest BCUT2D eigenvalue weighted by atomic mass is 16.2. The third kappa shape index (κ3) is 3.98. The topological polar surface area (TPSA) is 46.3 Å². The van der Waals surface area contributed by atoms with Gasteiger partial charge in [-0.1, -0.05) is 37.8 Å². The number of rotatable bonds is 3. The van der Waals surface area contributed by atoms with Crippen molar-refractivity contribution in [1.29, 1.82) is 0 Å². The van der Waals surface area contributed by atoms with Crippen molar-refractivity contribution in [3.05, 3.63) is 29.8 Å². The number of hydrogen-bond acceptors (Lipinski definition) is 2. The summed E-state index contributed by atoms with van der Waals surface area (Å²) in [5.74, 6) is 0.542. The van der Waals surface area contributed by atoms with Crippen LogP contribution in [0.25, 0.3) is 0 Å². The number of nitrogens with zero attached hydrogens (tertiary/aromatic N) is 1. The van der Waals surface area contributed by atoms with Gasteiger partial charge in [0.15, 0.2) is 0 Å². The fourth-order valence-corrected chi connectivity index (χ4v) is 2.81. The zero-order chi connectivity index (χ0) is 13.7. The minimum absolute atomic E-state index is 0.237. The maximum Gasteiger partial charge on any atom is 0.225 e. The Balaban J connectivity index is 1.92. The lowest BCUT2D eigenvalue weighted by Crippen LogP contribution is -2.32. The maximum atomic E-state index is 12.4. The molecule has 3 nitrogen and oxygen atoms in total. The van der Waals surface area contributed by atoms with E-state index in [0.29, 0.717) is 12.5 Å². The summed E-state index contributed by atoms with van der Waals surface area (Å²) in [7, 11) is 1.91. The number of anilines is 1. The number of carbonyl (C=O) groups is 1. The smallest absolute Gasteiger partial charge is 0.225 e. The van der Waals surface area contributed by atoms with E-state index in [0.717, 1.165) is 24.1 Å². The van der Waals surface area contributed by atoms with Crippen LogP contribution in [0.1, 0.15) is 44.1 Å². The average Bonchev–Trinajstić information content (AvgIpc) is 2.69. The third-order valence-electron chi connectivity index (χ3n) is 3.98. The van der Waals surface area contributed by atoms with Gasteiger partial charge in [0.1, 0.15) is 0 Å². The van der Waals surface area contributed by atoms with Gasteiger partial charge in [0.05, 0.1) is 0 Å². The molecular formula is C16H24N2O. The number of hydrogen-bond donors (Lipinski definition) is 1. The quantitative estimate of drug-likeness (QED) is 0.670. The highest BCUT2D eigenvalue weighted by Gasteiger charge is 2.22. The summed E-state index contributed by atoms with van der Waals surface area (Å²) in [6.07, 6.45) is 7.09. The van der Waals surface area contributed by atoms with E-state index < -0.39 is 0 Å². The summed E-state index contributed by atoms with van der Waals surface area (Å²) in [4.78, 5) is 14.3. The minimum atomic E-state index is 0.237. The first kappa shape index (κ1) is 13.9. The van der Waals surface area contributed by atoms with Crippen molar-refractivity contribution in [2.24, 2.45) is 5.92 Å². The monoisotopic (exact) mass is 260 g/mol. The Hall–Kier alpha value is -1.51. The van der Waals surface area contributed by atoms with Gasteiger partial charge in [-0.2, -0.15) is 0 Å². The van der Waals surface area contributed by atoms with Crippen LogP contribution in [-0.4, -0.2) is 17.9 Å². The van der Waals surface area contributed by atoms with Crippen LogP contribution >= 0.6 is 0 Å². The normalized spacial score (nSPS) is 16.9. The Labute approximate surface area is 115 Å². The molecule has 1 aromatic carbocycles. The van der Waals surface area contributed by atoms with Crippen LogP contribution in [0.15, 0.2) is 24.3 Å². The predicted molar refractivity (Wildman–Crippen MR) is 78.5 cm³/mol. The number of carbonyl (C=O) groups excluding carboxylic acids is 1. The van der Waals surface area contributed by atoms with Crippen LogP contribution in [-0.2, 0) is 11.3 Å². The molecule has 0 unspecified atom stereocenters. The lowest BCUT2D eigenvalue weighted by atomic mass is 9.98. The summed E-state index contributed by atoms with van der Waals surface area (Å²) in [5.41, 5.74) is 7.57. The molecule has 0 spiro atoms. The Kier molecular flexibility index (Phi) is 4.83. The fraction of sp³-hybridized carbons (Fsp3) is 0.562. The first-order valence-corrected chi connectivity index (χ1v) is 7.26. The van der Waals surface area contributed by atoms with Crippen LogP contribution in [0.3, 0.4) is 0 Å². The van der Waals surface area contributed by atoms with Gasteiger partial charge >= 0.3 is 0 Å². The van der Waals surface area contributed by atoms with E-state index in [2.05, 4.69) is 0 Å². The predicted octanol–water partition coefficient (Wildman–Crippen LogP) is 3.20. The lowest BCUT2D eigenvalue weighted by molar-refractivity contribution is -0.135. The molecule has 1 fully saturated rings. The SMILES string of the molecule is CN(Cc1ccc(N)cc1)C(=O)C1CCCCCC1. The second kappa shape index (κ2) is 6.60. The van der Waals surface area contributed by atoms with Gasteiger partial charge in [-0.3, -0.25) is 4.79 Å². The highest BCUT2D eigenvalue weighted by molar-refractivity contribution is 5.78. The molecule has 2 N–H and O–H groups in total. The van der Waals surface area contributed by atoms with E-state index in [1.807, 2.05) is 36.2 Å². The Morgan fingerprint density at radius 2 is 1.74 bits per heavy atom. The lowest BCUT2D eigenvalue weighted by Gasteiger charge is -2.23. The van der Waals surface area contributed by atoms with Gasteiger partial charge in [-0.25, -0.2) is 0 Å². The molecule has 0 aromatic heterocycles. The van der Waals surface area contributed by atoms with Gasteiger partial charge < -0.3 is 10.6 Å². The molecule has 19 heavy (non-hydrogen) atoms. The van der Waals surface area contributed by atoms with E-state index in [1.165, 1.54) is 25.7 Å². The Morgan fingerprint density at radius 1 is 1.16 bits per heavy atom. The van der Waals surface area contributed by atoms with Gasteiger partial charge in [0, 0.05) is 25.2 Å². The Morgan fingerprint density at radius 3 is 2.32 bits per heavy atom. The number of nitrogen functional groups attached to an aromatic ring is 1. The largest absolute Gasteiger partial charge is 0.399 e. The van der Waals surface area contributed by atoms with Gasteiger partial charge in [-0.05, 0) is 30.5 Å². The first-order valence-electron chi connectivity index (χ1n) is 7.26. The van der Waals surface area contributed by atoms with E-state index in [-0.39, 0.29) is 5.92 Å². The molecule has 0 radical (unpaired) electrons. The summed E-state index contributed by atoms with van der Waals surface area (Å²) in [6.45, 7) is 0.676. The summed E-state index contributed by atoms with van der Waals surface area (Å²) >= 11 is 0. The Bertz CT molecular complexity index is 405. The molecular weight excluding hydrogens is 236 g/mol. The van der Waals surface area contributed by atoms with Crippen molar-refractivity contribution in [2.75, 3.05) is 12.8 Å². The molecule has 1 aromatic rings. The van der Waals surface area contributed by atoms with E-state index in [4.69, 9.17) is 5.73 Å². The number of benzene rings is 1. The van der Waals surface area contributed by atoms with E-state index >= 15 is 0 Å². The van der Waals surface area contributed by atoms with E-state index in [9.17, 15) is 4.79 Å². The van der Waals surface area contributed by atoms with Crippen molar-refractivity contribution < 1.29 is 4.79 Å². The van der Waals surface area contributed by atoms with Gasteiger partial charge in [0.25, 0.3) is 0 Å². The first-order chi connectivity index (χ1) is 9.16. The fourth-order valence-electron chi connectivity index (χ4n) is 2.81. The molecule has 2 rings (SSSR count). The third-order valence-corrected chi connectivity index (χ3v) is 3.98. The van der Waals surface area contributed by atoms with Crippen molar-refractivity contribution in [3.8, 4) is 0 Å². The van der Waals surface area contributed by atoms with Gasteiger partial charge in [-0.15, -0.1) is 0 Å². The van der Waals surface area contributed by atoms with Crippen LogP contribution in [0.2, 0.25) is 0 Å². The second-order valence-corrected chi connectivity index (χ2v) is 5.62. The van der Waals surface area contributed by atoms with E-state index in [1.54, 1.807) is 0 Å². The molecule has 1 saturated carbocycles. The molecule has 0 heterocycles. The van der Waals surface area contributed by atoms with Crippen molar-refractivity contribution in [1.82, 2.24) is 4.90 Å². The highest BCUT2D eigenvalue weighted by Crippen LogP contribution is 2.24. The second-order valence-electron chi connectivity index (χ2n) is 5.62. The summed E-state index contributed by atoms with van der Waals surface area (Å²) in [6, 6.07) is 7.76. The standard InChI is InChI=1S/C16H24N2O/c1-18(12-13-8-10-15(17)11-9-13)16(19)14-6-4-2-3-5-7-14/h8-11,14H,2-7,12,17H2,1H3. The molecule has 104 valence electrons. The number of amides is 1. The molecule has 1 aliphatic carbocycles. The summed E-state index contributed by atoms with van der Waals surface area (Å²) < 4.78 is 0. The van der Waals surface area contributed by atoms with Crippen molar-refractivity contribution in [3.63, 3.8) is 0 Å². The summed E-state index contributed by atoms with van der Waals surface area (Å²) in [5, 5.41) is 0. The van der Waals surface area contributed by atoms with Crippen molar-refractivity contribution >= 4 is 11.6 Å². The van der Waals surface area contributed by atoms with Crippen LogP contribution < -0.4 is 5.73 Å². The van der Waals surface area contributed by atoms with Crippen LogP contribution in [0.4, 0.5) is 5.69 Å². The average molecular weight is 260 g/mol. The zero-order valence-electron chi connectivity index (χ0n) is 11.8. The molecule has 1 aliphatic rings. The molecule has 1 amide bonds. The van der Waals surface area contributed by atoms with Crippen LogP contribution in [0.5, 0.6) is 0 Å². The maximum absolute atomic E-state index is 12.4. The molecule has 0 aliphatic heterocycles. The minimum Gasteiger partial charge on any atom is -0.399 e. The van der Waals surface area contributed by atoms with Gasteiger partial charge in [0.2, 0.25) is 5.91 Å². The molecule has 0 bridgehead atoms. The zero-order valence-corrected chi connectivity index (χ0v) is 11.8. The van der Waals surface area contributed by atoms with Crippen LogP contribution in [0, 0.1) is 5.92 Å². The molecule has 3 heteroatoms. The molecule has 0 atom stereocenters. The molecule has 0 saturated heterocycles. The number of nitrogens with two attached hydrogens (primary N) is 1. The van der Waals surface area contributed by atoms with Crippen molar-refractivity contribution in [2.45, 2.75) is 45.1 Å².